The fourth-order valence-electron chi connectivity index (χ4n) is 12.5. The summed E-state index contributed by atoms with van der Waals surface area (Å²) in [5.74, 6) is -1.56. The fraction of sp³-hybridized carbons (Fsp3) is 0.737. The van der Waals surface area contributed by atoms with E-state index in [9.17, 15) is 43.5 Å². The fourth-order valence-corrected chi connectivity index (χ4v) is 14.1. The van der Waals surface area contributed by atoms with Crippen molar-refractivity contribution in [2.75, 3.05) is 39.6 Å². The van der Waals surface area contributed by atoms with Crippen LogP contribution in [0.3, 0.4) is 0 Å². The van der Waals surface area contributed by atoms with E-state index >= 15 is 0 Å². The quantitative estimate of drug-likeness (QED) is 0.0146. The average Bonchev–Trinajstić information content (AvgIpc) is 0.903. The number of hydrogen-bond donors (Lipinski definition) is 4. The number of hydrogen-bond acceptors (Lipinski definition) is 14. The maximum absolute atomic E-state index is 13.0. The minimum atomic E-state index is -4.93. The molecule has 5 unspecified atom stereocenters. The Morgan fingerprint density at radius 2 is 0.469 bits per heavy atom. The number of carbonyl (C=O) groups is 3. The van der Waals surface area contributed by atoms with Crippen molar-refractivity contribution in [1.29, 1.82) is 0 Å². The van der Waals surface area contributed by atoms with Crippen LogP contribution in [0.1, 0.15) is 393 Å². The highest BCUT2D eigenvalue weighted by Crippen LogP contribution is 2.45. The molecule has 0 bridgehead atoms. The molecule has 0 amide bonds. The molecule has 0 rings (SSSR count). The highest BCUT2D eigenvalue weighted by atomic mass is 31.2. The zero-order chi connectivity index (χ0) is 82.2. The summed E-state index contributed by atoms with van der Waals surface area (Å²) in [5, 5.41) is 20.7. The van der Waals surface area contributed by atoms with E-state index in [0.29, 0.717) is 19.3 Å². The average molecular weight is 1630 g/mol. The molecule has 4 N–H and O–H groups in total. The summed E-state index contributed by atoms with van der Waals surface area (Å²) in [6, 6.07) is 0. The molecule has 0 aromatic heterocycles. The molecule has 0 spiro atoms. The van der Waals surface area contributed by atoms with E-state index in [2.05, 4.69) is 154 Å². The maximum Gasteiger partial charge on any atom is 0.472 e. The molecular weight excluding hydrogens is 1460 g/mol. The first-order valence-corrected chi connectivity index (χ1v) is 48.5. The molecule has 5 atom stereocenters. The molecule has 0 saturated carbocycles. The van der Waals surface area contributed by atoms with Crippen molar-refractivity contribution >= 4 is 33.6 Å². The number of carbonyl (C=O) groups excluding carboxylic acids is 3. The monoisotopic (exact) mass is 1630 g/mol. The van der Waals surface area contributed by atoms with Crippen molar-refractivity contribution < 1.29 is 75.8 Å². The predicted molar refractivity (Wildman–Crippen MR) is 473 cm³/mol. The van der Waals surface area contributed by atoms with Crippen LogP contribution in [0, 0.1) is 0 Å². The molecule has 652 valence electrons. The molecule has 18 heteroatoms. The normalized spacial score (nSPS) is 14.4. The summed E-state index contributed by atoms with van der Waals surface area (Å²) in [5.41, 5.74) is 0. The summed E-state index contributed by atoms with van der Waals surface area (Å²) in [6.45, 7) is 2.51. The van der Waals surface area contributed by atoms with Gasteiger partial charge in [-0.3, -0.25) is 32.5 Å². The minimum Gasteiger partial charge on any atom is -0.463 e. The van der Waals surface area contributed by atoms with Gasteiger partial charge in [-0.2, -0.15) is 0 Å². The van der Waals surface area contributed by atoms with Gasteiger partial charge in [-0.25, -0.2) is 9.13 Å². The van der Waals surface area contributed by atoms with Crippen LogP contribution in [-0.4, -0.2) is 95.9 Å². The van der Waals surface area contributed by atoms with Crippen molar-refractivity contribution in [1.82, 2.24) is 0 Å². The van der Waals surface area contributed by atoms with E-state index in [-0.39, 0.29) is 19.3 Å². The molecule has 0 aliphatic carbocycles. The van der Waals surface area contributed by atoms with Gasteiger partial charge in [0.25, 0.3) is 0 Å². The van der Waals surface area contributed by atoms with E-state index in [1.54, 1.807) is 0 Å². The van der Waals surface area contributed by atoms with Crippen LogP contribution in [0.15, 0.2) is 134 Å². The van der Waals surface area contributed by atoms with E-state index in [1.165, 1.54) is 193 Å². The number of phosphoric ester groups is 2. The Hall–Kier alpha value is -4.31. The first kappa shape index (κ1) is 109. The first-order chi connectivity index (χ1) is 55.2. The second-order valence-electron chi connectivity index (χ2n) is 30.4. The summed E-state index contributed by atoms with van der Waals surface area (Å²) >= 11 is 0. The van der Waals surface area contributed by atoms with Crippen LogP contribution < -0.4 is 0 Å². The summed E-state index contributed by atoms with van der Waals surface area (Å²) in [7, 11) is -9.79. The van der Waals surface area contributed by atoms with E-state index in [0.717, 1.165) is 141 Å². The van der Waals surface area contributed by atoms with Crippen LogP contribution in [0.2, 0.25) is 0 Å². The lowest BCUT2D eigenvalue weighted by Crippen LogP contribution is -2.30. The number of rotatable bonds is 86. The number of aliphatic hydroxyl groups is 2. The lowest BCUT2D eigenvalue weighted by atomic mass is 10.0. The number of phosphoric acid groups is 2. The van der Waals surface area contributed by atoms with Crippen LogP contribution in [0.4, 0.5) is 0 Å². The van der Waals surface area contributed by atoms with Gasteiger partial charge >= 0.3 is 33.6 Å². The molecule has 0 radical (unpaired) electrons. The molecule has 0 heterocycles. The number of ether oxygens (including phenoxy) is 3. The Morgan fingerprint density at radius 1 is 0.257 bits per heavy atom. The van der Waals surface area contributed by atoms with Crippen LogP contribution in [0.5, 0.6) is 0 Å². The Labute approximate surface area is 690 Å². The summed E-state index contributed by atoms with van der Waals surface area (Å²) < 4.78 is 61.4. The van der Waals surface area contributed by atoms with Gasteiger partial charge in [0.2, 0.25) is 0 Å². The molecule has 0 aliphatic heterocycles. The SMILES string of the molecule is CC/C=C\C/C=C\C/C=C\C/C=C\C/C=C\C/C=C\CCCCCCCCCCCCCCCCC(=O)OCC(O)COP(=O)(O)OCC(O)COP(=O)(O)OCC(COC(=O)CCCCCCCCCCCCCCCCC/C=C\C/C=C\C/C=C\C/C=C\C/C=C\CC)OC(=O)CCCCCCCCCCCCCCC. The Balaban J connectivity index is 4.40. The van der Waals surface area contributed by atoms with Crippen molar-refractivity contribution in [3.05, 3.63) is 134 Å². The molecule has 0 aliphatic rings. The highest BCUT2D eigenvalue weighted by molar-refractivity contribution is 7.47. The van der Waals surface area contributed by atoms with Gasteiger partial charge in [0.1, 0.15) is 25.4 Å². The van der Waals surface area contributed by atoms with Gasteiger partial charge in [0.05, 0.1) is 26.4 Å². The summed E-state index contributed by atoms with van der Waals surface area (Å²) in [4.78, 5) is 58.8. The number of aliphatic hydroxyl groups excluding tert-OH is 2. The van der Waals surface area contributed by atoms with Gasteiger partial charge in [0.15, 0.2) is 6.10 Å². The molecular formula is C95H166O16P2. The number of esters is 3. The van der Waals surface area contributed by atoms with Gasteiger partial charge in [-0.05, 0) is 116 Å². The second kappa shape index (κ2) is 87.0. The third-order valence-electron chi connectivity index (χ3n) is 19.4. The zero-order valence-corrected chi connectivity index (χ0v) is 73.6. The molecule has 113 heavy (non-hydrogen) atoms. The third kappa shape index (κ3) is 88.3. The highest BCUT2D eigenvalue weighted by Gasteiger charge is 2.29. The Morgan fingerprint density at radius 3 is 0.743 bits per heavy atom. The topological polar surface area (TPSA) is 231 Å². The van der Waals surface area contributed by atoms with E-state index in [4.69, 9.17) is 32.3 Å². The predicted octanol–water partition coefficient (Wildman–Crippen LogP) is 27.8. The number of unbranched alkanes of at least 4 members (excludes halogenated alkanes) is 41. The second-order valence-corrected chi connectivity index (χ2v) is 33.3. The van der Waals surface area contributed by atoms with Gasteiger partial charge in [-0.1, -0.05) is 392 Å². The van der Waals surface area contributed by atoms with Crippen molar-refractivity contribution in [3.8, 4) is 0 Å². The minimum absolute atomic E-state index is 0.109. The zero-order valence-electron chi connectivity index (χ0n) is 71.8. The largest absolute Gasteiger partial charge is 0.472 e. The van der Waals surface area contributed by atoms with Crippen LogP contribution >= 0.6 is 15.6 Å². The van der Waals surface area contributed by atoms with Crippen molar-refractivity contribution in [3.63, 3.8) is 0 Å². The first-order valence-electron chi connectivity index (χ1n) is 45.5. The Bertz CT molecular complexity index is 2580. The standard InChI is InChI=1S/C95H166O16P2/c1-4-7-10-13-16-19-22-25-27-29-31-33-35-37-39-41-43-44-46-48-49-51-53-55-57-59-61-64-66-69-72-75-78-81-93(98)105-84-90(96)85-107-112(101,102)108-86-91(97)87-109-113(103,104)110-89-92(111-95(100)83-80-77-74-71-68-63-24-21-18-15-12-9-6-3)88-106-94(99)82-79-76-73-70-67-65-62-60-58-56-54-52-50-47-45-42-40-38-36-34-32-30-28-26-23-20-17-14-11-8-5-2/h7-8,10-11,16-17,19-20,25-28,31-34,37-40,43-44,90-92,96-97H,4-6,9,12-15,18,21-24,29-30,35-36,41-42,45-89H2,1-3H3,(H,101,102)(H,103,104)/b10-7-,11-8-,19-16-,20-17-,27-25-,28-26-,33-31-,34-32-,39-37-,40-38-,44-43-. The molecule has 0 aromatic rings. The van der Waals surface area contributed by atoms with E-state index < -0.39 is 91.5 Å². The summed E-state index contributed by atoms with van der Waals surface area (Å²) in [6.07, 6.45) is 108. The van der Waals surface area contributed by atoms with Gasteiger partial charge < -0.3 is 34.2 Å². The van der Waals surface area contributed by atoms with Crippen molar-refractivity contribution in [2.24, 2.45) is 0 Å². The van der Waals surface area contributed by atoms with Crippen LogP contribution in [0.25, 0.3) is 0 Å². The van der Waals surface area contributed by atoms with Crippen molar-refractivity contribution in [2.45, 2.75) is 411 Å². The lowest BCUT2D eigenvalue weighted by molar-refractivity contribution is -0.161. The lowest BCUT2D eigenvalue weighted by Gasteiger charge is -2.21. The molecule has 0 aromatic carbocycles. The third-order valence-corrected chi connectivity index (χ3v) is 21.3. The van der Waals surface area contributed by atoms with Gasteiger partial charge in [0, 0.05) is 19.3 Å². The Kier molecular flexibility index (Phi) is 83.7. The molecule has 0 saturated heterocycles. The molecule has 0 fully saturated rings. The maximum atomic E-state index is 13.0. The van der Waals surface area contributed by atoms with Crippen LogP contribution in [-0.2, 0) is 55.8 Å². The number of allylic oxidation sites excluding steroid dienone is 22. The smallest absolute Gasteiger partial charge is 0.463 e. The van der Waals surface area contributed by atoms with Gasteiger partial charge in [-0.15, -0.1) is 0 Å². The molecule has 16 nitrogen and oxygen atoms in total. The van der Waals surface area contributed by atoms with E-state index in [1.807, 2.05) is 0 Å².